The minimum Gasteiger partial charge on any atom is -0.480 e. The van der Waals surface area contributed by atoms with Gasteiger partial charge in [-0.15, -0.1) is 16.9 Å². The van der Waals surface area contributed by atoms with Gasteiger partial charge in [0.05, 0.1) is 25.4 Å². The number of carboxylic acids is 2. The molecule has 4 aliphatic heterocycles. The zero-order valence-corrected chi connectivity index (χ0v) is 27.1. The molecule has 2 aromatic heterocycles. The number of carboxylic acid groups (broad SMARTS) is 2. The first-order chi connectivity index (χ1) is 23.1. The van der Waals surface area contributed by atoms with E-state index in [0.29, 0.717) is 0 Å². The van der Waals surface area contributed by atoms with Crippen LogP contribution >= 0.6 is 11.8 Å². The van der Waals surface area contributed by atoms with E-state index < -0.39 is 73.2 Å². The summed E-state index contributed by atoms with van der Waals surface area (Å²) in [6.07, 6.45) is 2.97. The van der Waals surface area contributed by atoms with Crippen molar-refractivity contribution < 1.29 is 61.4 Å². The van der Waals surface area contributed by atoms with Crippen LogP contribution in [0.2, 0.25) is 0 Å². The average molecular weight is 725 g/mol. The number of sulfone groups is 1. The highest BCUT2D eigenvalue weighted by Gasteiger charge is 2.70. The summed E-state index contributed by atoms with van der Waals surface area (Å²) < 4.78 is 34.5. The molecular weight excluding hydrogens is 696 g/mol. The SMILES string of the molecule is CO/N=C(/C(=O)N[C@@H]1C(=O)N2C(C(=O)O)=C(COC(N)=O)CS[C@H]12)c1ccco1.C[C@]1(Cn2ccnn2)[C@H](C(=O)O)N2C(=O)C[C@H]2S1(=O)=O. The van der Waals surface area contributed by atoms with E-state index in [1.807, 2.05) is 0 Å². The van der Waals surface area contributed by atoms with Gasteiger partial charge in [0.25, 0.3) is 11.8 Å². The van der Waals surface area contributed by atoms with Gasteiger partial charge in [-0.2, -0.15) is 0 Å². The Morgan fingerprint density at radius 2 is 2.00 bits per heavy atom. The van der Waals surface area contributed by atoms with Crippen LogP contribution in [0.25, 0.3) is 0 Å². The predicted molar refractivity (Wildman–Crippen MR) is 161 cm³/mol. The standard InChI is InChI=1S/C16H16N4O8S.C10H12N4O5S/c1-26-19-9(8-3-2-4-27-8)12(21)18-10-13(22)20-11(15(23)24)7(5-28-16(17)25)6-29-14(10)20;1-10(5-13-3-2-11-12-13)8(9(16)17)14-6(15)4-7(14)20(10,18)19/h2-4,10,14H,5-6H2,1H3,(H2,17,25)(H,18,21)(H,23,24);2-3,7-8H,4-5H2,1H3,(H,16,17)/b19-9+;/t10-,14-;7-,8+,10+/m11/s1. The van der Waals surface area contributed by atoms with Crippen LogP contribution in [0.3, 0.4) is 0 Å². The summed E-state index contributed by atoms with van der Waals surface area (Å²) in [5.41, 5.74) is 4.68. The lowest BCUT2D eigenvalue weighted by atomic mass is 9.96. The lowest BCUT2D eigenvalue weighted by Crippen LogP contribution is -2.71. The topological polar surface area (TPSA) is 296 Å². The number of carbonyl (C=O) groups excluding carboxylic acids is 4. The van der Waals surface area contributed by atoms with Crippen molar-refractivity contribution in [1.82, 2.24) is 30.1 Å². The highest BCUT2D eigenvalue weighted by molar-refractivity contribution is 8.00. The van der Waals surface area contributed by atoms with E-state index in [9.17, 15) is 47.4 Å². The van der Waals surface area contributed by atoms with Gasteiger partial charge in [-0.25, -0.2) is 22.8 Å². The van der Waals surface area contributed by atoms with Crippen LogP contribution in [0.15, 0.2) is 51.6 Å². The monoisotopic (exact) mass is 724 g/mol. The Morgan fingerprint density at radius 3 is 2.55 bits per heavy atom. The Balaban J connectivity index is 0.000000204. The van der Waals surface area contributed by atoms with E-state index in [4.69, 9.17) is 10.2 Å². The molecule has 21 nitrogen and oxygen atoms in total. The first-order valence-corrected chi connectivity index (χ1v) is 16.6. The first-order valence-electron chi connectivity index (χ1n) is 14.0. The number of nitrogens with zero attached hydrogens (tertiary/aromatic N) is 6. The Kier molecular flexibility index (Phi) is 9.41. The van der Waals surface area contributed by atoms with Gasteiger partial charge in [0.15, 0.2) is 21.6 Å². The number of primary amides is 1. The van der Waals surface area contributed by atoms with Crippen molar-refractivity contribution in [1.29, 1.82) is 0 Å². The fourth-order valence-electron chi connectivity index (χ4n) is 5.79. The number of nitrogens with two attached hydrogens (primary N) is 1. The first kappa shape index (κ1) is 34.9. The number of oxime groups is 1. The quantitative estimate of drug-likeness (QED) is 0.116. The van der Waals surface area contributed by atoms with Crippen LogP contribution in [0.5, 0.6) is 0 Å². The fraction of sp³-hybridized carbons (Fsp3) is 0.423. The number of ether oxygens (including phenoxy) is 1. The van der Waals surface area contributed by atoms with E-state index in [2.05, 4.69) is 30.4 Å². The molecule has 6 heterocycles. The van der Waals surface area contributed by atoms with Crippen LogP contribution in [-0.2, 0) is 49.9 Å². The molecule has 0 aliphatic carbocycles. The molecule has 0 bridgehead atoms. The molecule has 2 aromatic rings. The molecular formula is C26H28N8O13S2. The summed E-state index contributed by atoms with van der Waals surface area (Å²) in [5.74, 6) is -4.16. The molecule has 5 atom stereocenters. The number of hydrogen-bond donors (Lipinski definition) is 4. The van der Waals surface area contributed by atoms with Gasteiger partial charge >= 0.3 is 18.0 Å². The summed E-state index contributed by atoms with van der Waals surface area (Å²) in [5, 5.41) is 30.6. The number of β-lactam (4-membered cyclic amide) rings is 2. The second kappa shape index (κ2) is 13.2. The summed E-state index contributed by atoms with van der Waals surface area (Å²) >= 11 is 1.21. The van der Waals surface area contributed by atoms with Gasteiger partial charge in [0.2, 0.25) is 11.6 Å². The lowest BCUT2D eigenvalue weighted by Gasteiger charge is -2.49. The van der Waals surface area contributed by atoms with Crippen molar-refractivity contribution in [3.05, 3.63) is 47.8 Å². The van der Waals surface area contributed by atoms with Gasteiger partial charge in [-0.1, -0.05) is 10.4 Å². The third-order valence-electron chi connectivity index (χ3n) is 8.07. The third kappa shape index (κ3) is 6.05. The molecule has 3 saturated heterocycles. The van der Waals surface area contributed by atoms with E-state index in [1.54, 1.807) is 6.07 Å². The van der Waals surface area contributed by atoms with Gasteiger partial charge in [0, 0.05) is 17.5 Å². The number of nitrogens with one attached hydrogen (secondary N) is 1. The fourth-order valence-corrected chi connectivity index (χ4v) is 9.48. The highest BCUT2D eigenvalue weighted by Crippen LogP contribution is 2.46. The molecule has 5 N–H and O–H groups in total. The number of fused-ring (bicyclic) bond motifs is 2. The van der Waals surface area contributed by atoms with Crippen LogP contribution < -0.4 is 11.1 Å². The molecule has 0 unspecified atom stereocenters. The molecule has 0 radical (unpaired) electrons. The number of hydrogen-bond acceptors (Lipinski definition) is 15. The molecule has 262 valence electrons. The molecule has 3 fully saturated rings. The Bertz CT molecular complexity index is 1860. The van der Waals surface area contributed by atoms with Crippen molar-refractivity contribution in [2.45, 2.75) is 47.5 Å². The zero-order chi connectivity index (χ0) is 35.8. The largest absolute Gasteiger partial charge is 0.480 e. The van der Waals surface area contributed by atoms with Crippen molar-refractivity contribution in [2.24, 2.45) is 10.9 Å². The molecule has 4 aliphatic rings. The Hall–Kier alpha value is -5.45. The average Bonchev–Trinajstić information content (AvgIpc) is 3.78. The van der Waals surface area contributed by atoms with E-state index >= 15 is 0 Å². The predicted octanol–water partition coefficient (Wildman–Crippen LogP) is -2.06. The number of thioether (sulfide) groups is 1. The smallest absolute Gasteiger partial charge is 0.404 e. The van der Waals surface area contributed by atoms with Gasteiger partial charge in [-0.3, -0.25) is 24.0 Å². The molecule has 0 aromatic carbocycles. The minimum atomic E-state index is -3.80. The maximum Gasteiger partial charge on any atom is 0.404 e. The van der Waals surface area contributed by atoms with Crippen LogP contribution in [0.1, 0.15) is 19.1 Å². The van der Waals surface area contributed by atoms with E-state index in [0.717, 1.165) is 9.80 Å². The maximum atomic E-state index is 12.6. The number of aromatic nitrogens is 3. The number of amides is 4. The van der Waals surface area contributed by atoms with Gasteiger partial charge in [0.1, 0.15) is 41.0 Å². The van der Waals surface area contributed by atoms with Gasteiger partial charge < -0.3 is 40.2 Å². The Labute approximate surface area is 279 Å². The van der Waals surface area contributed by atoms with Crippen molar-refractivity contribution in [3.8, 4) is 0 Å². The van der Waals surface area contributed by atoms with Crippen molar-refractivity contribution in [3.63, 3.8) is 0 Å². The second-order valence-electron chi connectivity index (χ2n) is 11.0. The Morgan fingerprint density at radius 1 is 1.27 bits per heavy atom. The molecule has 23 heteroatoms. The van der Waals surface area contributed by atoms with Crippen LogP contribution in [0.4, 0.5) is 4.79 Å². The van der Waals surface area contributed by atoms with E-state index in [1.165, 1.54) is 55.2 Å². The zero-order valence-electron chi connectivity index (χ0n) is 25.5. The van der Waals surface area contributed by atoms with E-state index in [-0.39, 0.29) is 48.1 Å². The van der Waals surface area contributed by atoms with Crippen molar-refractivity contribution in [2.75, 3.05) is 19.5 Å². The van der Waals surface area contributed by atoms with Gasteiger partial charge in [-0.05, 0) is 19.1 Å². The number of rotatable bonds is 10. The summed E-state index contributed by atoms with van der Waals surface area (Å²) in [4.78, 5) is 77.3. The highest BCUT2D eigenvalue weighted by atomic mass is 32.2. The number of carbonyl (C=O) groups is 6. The third-order valence-corrected chi connectivity index (χ3v) is 12.2. The van der Waals surface area contributed by atoms with Crippen LogP contribution in [0, 0.1) is 0 Å². The number of aliphatic carboxylic acids is 2. The summed E-state index contributed by atoms with van der Waals surface area (Å²) in [6, 6.07) is 0.680. The number of furan rings is 1. The maximum absolute atomic E-state index is 12.6. The summed E-state index contributed by atoms with van der Waals surface area (Å²) in [6.45, 7) is 0.835. The lowest BCUT2D eigenvalue weighted by molar-refractivity contribution is -0.157. The van der Waals surface area contributed by atoms with Crippen LogP contribution in [-0.4, -0.2) is 132 Å². The molecule has 6 rings (SSSR count). The molecule has 0 spiro atoms. The second-order valence-corrected chi connectivity index (χ2v) is 14.7. The molecule has 49 heavy (non-hydrogen) atoms. The minimum absolute atomic E-state index is 0.140. The molecule has 4 amide bonds. The molecule has 0 saturated carbocycles. The normalized spacial score (nSPS) is 26.7. The van der Waals surface area contributed by atoms with Crippen molar-refractivity contribution >= 4 is 63.1 Å². The summed E-state index contributed by atoms with van der Waals surface area (Å²) in [7, 11) is -2.54.